The van der Waals surface area contributed by atoms with Crippen molar-refractivity contribution in [2.24, 2.45) is 0 Å². The van der Waals surface area contributed by atoms with Crippen LogP contribution in [0, 0.1) is 0 Å². The molecule has 1 heterocycles. The number of benzene rings is 1. The van der Waals surface area contributed by atoms with Gasteiger partial charge in [-0.2, -0.15) is 4.37 Å². The Labute approximate surface area is 98.7 Å². The quantitative estimate of drug-likeness (QED) is 0.920. The molecule has 0 aliphatic carbocycles. The van der Waals surface area contributed by atoms with E-state index in [1.807, 2.05) is 24.3 Å². The van der Waals surface area contributed by atoms with Gasteiger partial charge in [-0.15, -0.1) is 0 Å². The van der Waals surface area contributed by atoms with Crippen LogP contribution in [0.1, 0.15) is 10.4 Å². The van der Waals surface area contributed by atoms with E-state index in [-0.39, 0.29) is 5.56 Å². The standard InChI is InChI=1S/C10H6BrNO2S/c11-7-3-1-2-6(4-7)9-8(10(13)14)5-15-12-9/h1-5H,(H,13,14). The second kappa shape index (κ2) is 4.12. The van der Waals surface area contributed by atoms with Gasteiger partial charge in [0.15, 0.2) is 0 Å². The summed E-state index contributed by atoms with van der Waals surface area (Å²) in [4.78, 5) is 10.9. The molecule has 0 fully saturated rings. The number of carbonyl (C=O) groups is 1. The van der Waals surface area contributed by atoms with Crippen molar-refractivity contribution >= 4 is 33.4 Å². The predicted octanol–water partition coefficient (Wildman–Crippen LogP) is 3.27. The molecule has 15 heavy (non-hydrogen) atoms. The number of nitrogens with zero attached hydrogens (tertiary/aromatic N) is 1. The van der Waals surface area contributed by atoms with Crippen molar-refractivity contribution in [1.82, 2.24) is 4.37 Å². The summed E-state index contributed by atoms with van der Waals surface area (Å²) in [6.07, 6.45) is 0. The minimum atomic E-state index is -0.946. The van der Waals surface area contributed by atoms with Crippen LogP contribution in [0.4, 0.5) is 0 Å². The Bertz CT molecular complexity index is 510. The van der Waals surface area contributed by atoms with Gasteiger partial charge in [0.05, 0.1) is 11.3 Å². The molecule has 0 saturated heterocycles. The fraction of sp³-hybridized carbons (Fsp3) is 0. The van der Waals surface area contributed by atoms with E-state index < -0.39 is 5.97 Å². The topological polar surface area (TPSA) is 50.2 Å². The molecule has 1 aromatic heterocycles. The van der Waals surface area contributed by atoms with Crippen molar-refractivity contribution in [3.8, 4) is 11.3 Å². The van der Waals surface area contributed by atoms with Crippen LogP contribution in [0.2, 0.25) is 0 Å². The first-order valence-corrected chi connectivity index (χ1v) is 5.75. The van der Waals surface area contributed by atoms with Crippen LogP contribution in [0.25, 0.3) is 11.3 Å². The van der Waals surface area contributed by atoms with Crippen LogP contribution in [-0.2, 0) is 0 Å². The summed E-state index contributed by atoms with van der Waals surface area (Å²) >= 11 is 4.49. The Morgan fingerprint density at radius 1 is 1.47 bits per heavy atom. The third-order valence-electron chi connectivity index (χ3n) is 1.90. The molecule has 0 unspecified atom stereocenters. The van der Waals surface area contributed by atoms with E-state index in [4.69, 9.17) is 5.11 Å². The largest absolute Gasteiger partial charge is 0.478 e. The number of carboxylic acid groups (broad SMARTS) is 1. The maximum atomic E-state index is 10.9. The van der Waals surface area contributed by atoms with Crippen molar-refractivity contribution in [3.63, 3.8) is 0 Å². The number of aromatic nitrogens is 1. The number of hydrogen-bond donors (Lipinski definition) is 1. The molecule has 0 bridgehead atoms. The average molecular weight is 284 g/mol. The van der Waals surface area contributed by atoms with Crippen LogP contribution in [0.5, 0.6) is 0 Å². The second-order valence-electron chi connectivity index (χ2n) is 2.89. The summed E-state index contributed by atoms with van der Waals surface area (Å²) in [6.45, 7) is 0. The van der Waals surface area contributed by atoms with Crippen molar-refractivity contribution in [3.05, 3.63) is 39.7 Å². The molecule has 0 aliphatic heterocycles. The highest BCUT2D eigenvalue weighted by Gasteiger charge is 2.14. The predicted molar refractivity (Wildman–Crippen MR) is 62.2 cm³/mol. The molecule has 0 amide bonds. The second-order valence-corrected chi connectivity index (χ2v) is 4.44. The molecular formula is C10H6BrNO2S. The first-order chi connectivity index (χ1) is 7.18. The van der Waals surface area contributed by atoms with Crippen molar-refractivity contribution in [2.45, 2.75) is 0 Å². The molecule has 1 N–H and O–H groups in total. The zero-order valence-corrected chi connectivity index (χ0v) is 9.88. The van der Waals surface area contributed by atoms with E-state index in [0.29, 0.717) is 5.69 Å². The van der Waals surface area contributed by atoms with Gasteiger partial charge in [0.2, 0.25) is 0 Å². The summed E-state index contributed by atoms with van der Waals surface area (Å²) in [7, 11) is 0. The summed E-state index contributed by atoms with van der Waals surface area (Å²) < 4.78 is 5.00. The lowest BCUT2D eigenvalue weighted by Crippen LogP contribution is -1.96. The molecule has 1 aromatic carbocycles. The van der Waals surface area contributed by atoms with Gasteiger partial charge in [-0.25, -0.2) is 4.79 Å². The summed E-state index contributed by atoms with van der Waals surface area (Å²) in [5.74, 6) is -0.946. The third kappa shape index (κ3) is 2.08. The monoisotopic (exact) mass is 283 g/mol. The summed E-state index contributed by atoms with van der Waals surface area (Å²) in [6, 6.07) is 7.43. The number of carboxylic acids is 1. The number of hydrogen-bond acceptors (Lipinski definition) is 3. The molecular weight excluding hydrogens is 278 g/mol. The Hall–Kier alpha value is -1.20. The number of halogens is 1. The number of rotatable bonds is 2. The van der Waals surface area contributed by atoms with Crippen LogP contribution >= 0.6 is 27.5 Å². The molecule has 0 atom stereocenters. The Morgan fingerprint density at radius 3 is 2.93 bits per heavy atom. The maximum absolute atomic E-state index is 10.9. The van der Waals surface area contributed by atoms with Gasteiger partial charge in [-0.3, -0.25) is 0 Å². The molecule has 2 aromatic rings. The van der Waals surface area contributed by atoms with E-state index in [0.717, 1.165) is 21.6 Å². The third-order valence-corrected chi connectivity index (χ3v) is 3.02. The molecule has 76 valence electrons. The SMILES string of the molecule is O=C(O)c1csnc1-c1cccc(Br)c1. The van der Waals surface area contributed by atoms with E-state index in [1.54, 1.807) is 5.38 Å². The first kappa shape index (κ1) is 10.3. The Morgan fingerprint density at radius 2 is 2.27 bits per heavy atom. The molecule has 3 nitrogen and oxygen atoms in total. The summed E-state index contributed by atoms with van der Waals surface area (Å²) in [5.41, 5.74) is 1.58. The fourth-order valence-electron chi connectivity index (χ4n) is 1.23. The van der Waals surface area contributed by atoms with Crippen LogP contribution in [0.3, 0.4) is 0 Å². The number of aromatic carboxylic acids is 1. The highest BCUT2D eigenvalue weighted by molar-refractivity contribution is 9.10. The van der Waals surface area contributed by atoms with Crippen molar-refractivity contribution in [2.75, 3.05) is 0 Å². The Balaban J connectivity index is 2.54. The lowest BCUT2D eigenvalue weighted by atomic mass is 10.1. The van der Waals surface area contributed by atoms with Gasteiger partial charge >= 0.3 is 5.97 Å². The van der Waals surface area contributed by atoms with Crippen molar-refractivity contribution in [1.29, 1.82) is 0 Å². The molecule has 0 radical (unpaired) electrons. The maximum Gasteiger partial charge on any atom is 0.338 e. The van der Waals surface area contributed by atoms with Gasteiger partial charge in [0.25, 0.3) is 0 Å². The zero-order valence-electron chi connectivity index (χ0n) is 7.48. The van der Waals surface area contributed by atoms with Gasteiger partial charge in [0.1, 0.15) is 0 Å². The molecule has 2 rings (SSSR count). The van der Waals surface area contributed by atoms with E-state index in [9.17, 15) is 4.79 Å². The molecule has 0 aliphatic rings. The minimum Gasteiger partial charge on any atom is -0.478 e. The zero-order chi connectivity index (χ0) is 10.8. The normalized spacial score (nSPS) is 10.2. The van der Waals surface area contributed by atoms with Gasteiger partial charge in [0, 0.05) is 15.4 Å². The van der Waals surface area contributed by atoms with E-state index in [2.05, 4.69) is 20.3 Å². The molecule has 5 heteroatoms. The Kier molecular flexibility index (Phi) is 2.83. The van der Waals surface area contributed by atoms with Gasteiger partial charge in [-0.1, -0.05) is 28.1 Å². The van der Waals surface area contributed by atoms with E-state index >= 15 is 0 Å². The highest BCUT2D eigenvalue weighted by atomic mass is 79.9. The minimum absolute atomic E-state index is 0.248. The highest BCUT2D eigenvalue weighted by Crippen LogP contribution is 2.26. The lowest BCUT2D eigenvalue weighted by Gasteiger charge is -1.99. The van der Waals surface area contributed by atoms with Crippen LogP contribution in [0.15, 0.2) is 34.1 Å². The summed E-state index contributed by atoms with van der Waals surface area (Å²) in [5, 5.41) is 10.5. The van der Waals surface area contributed by atoms with Gasteiger partial charge in [-0.05, 0) is 23.7 Å². The molecule has 0 spiro atoms. The fourth-order valence-corrected chi connectivity index (χ4v) is 2.31. The molecule has 0 saturated carbocycles. The smallest absolute Gasteiger partial charge is 0.338 e. The lowest BCUT2D eigenvalue weighted by molar-refractivity contribution is 0.0698. The van der Waals surface area contributed by atoms with Crippen molar-refractivity contribution < 1.29 is 9.90 Å². The first-order valence-electron chi connectivity index (χ1n) is 4.12. The van der Waals surface area contributed by atoms with E-state index in [1.165, 1.54) is 0 Å². The van der Waals surface area contributed by atoms with Crippen LogP contribution < -0.4 is 0 Å². The average Bonchev–Trinajstić information content (AvgIpc) is 2.65. The van der Waals surface area contributed by atoms with Gasteiger partial charge < -0.3 is 5.11 Å². The van der Waals surface area contributed by atoms with Crippen LogP contribution in [-0.4, -0.2) is 15.4 Å².